The van der Waals surface area contributed by atoms with Crippen molar-refractivity contribution in [2.24, 2.45) is 0 Å². The molecule has 0 bridgehead atoms. The minimum Gasteiger partial charge on any atom is -0.360 e. The van der Waals surface area contributed by atoms with Crippen molar-refractivity contribution in [2.45, 2.75) is 20.8 Å². The van der Waals surface area contributed by atoms with Gasteiger partial charge in [-0.3, -0.25) is 4.79 Å². The summed E-state index contributed by atoms with van der Waals surface area (Å²) in [4.78, 5) is 15.7. The second-order valence-corrected chi connectivity index (χ2v) is 7.29. The van der Waals surface area contributed by atoms with Crippen LogP contribution in [0.4, 0.5) is 11.4 Å². The Hall–Kier alpha value is -3.43. The minimum atomic E-state index is -0.115. The monoisotopic (exact) mass is 388 g/mol. The van der Waals surface area contributed by atoms with Gasteiger partial charge in [0.1, 0.15) is 16.6 Å². The average molecular weight is 388 g/mol. The zero-order valence-electron chi connectivity index (χ0n) is 15.9. The van der Waals surface area contributed by atoms with E-state index >= 15 is 0 Å². The third kappa shape index (κ3) is 4.64. The van der Waals surface area contributed by atoms with E-state index in [0.29, 0.717) is 10.6 Å². The molecule has 1 amide bonds. The molecule has 28 heavy (non-hydrogen) atoms. The fraction of sp³-hybridized carbons (Fsp3) is 0.136. The van der Waals surface area contributed by atoms with Gasteiger partial charge in [0.2, 0.25) is 5.91 Å². The number of aromatic nitrogens is 1. The van der Waals surface area contributed by atoms with E-state index in [2.05, 4.69) is 53.7 Å². The van der Waals surface area contributed by atoms with Crippen LogP contribution < -0.4 is 10.6 Å². The SMILES string of the molecule is CC(=O)Nc1ccc(NC=C(C#N)c2nc(-c3ccc(C)cc3C)cs2)cc1. The Kier molecular flexibility index (Phi) is 5.87. The van der Waals surface area contributed by atoms with Crippen molar-refractivity contribution in [1.82, 2.24) is 4.98 Å². The molecule has 0 saturated heterocycles. The Bertz CT molecular complexity index is 1070. The maximum absolute atomic E-state index is 11.1. The number of allylic oxidation sites excluding steroid dienone is 1. The van der Waals surface area contributed by atoms with E-state index in [0.717, 1.165) is 28.2 Å². The van der Waals surface area contributed by atoms with Gasteiger partial charge in [-0.1, -0.05) is 23.8 Å². The molecule has 6 heteroatoms. The number of nitriles is 1. The van der Waals surface area contributed by atoms with E-state index in [1.54, 1.807) is 18.3 Å². The third-order valence-electron chi connectivity index (χ3n) is 4.10. The topological polar surface area (TPSA) is 77.8 Å². The molecule has 0 aliphatic rings. The number of rotatable bonds is 5. The molecule has 0 atom stereocenters. The van der Waals surface area contributed by atoms with Gasteiger partial charge in [0, 0.05) is 35.4 Å². The molecule has 0 aliphatic heterocycles. The first-order chi connectivity index (χ1) is 13.5. The van der Waals surface area contributed by atoms with Gasteiger partial charge in [0.05, 0.1) is 5.69 Å². The molecule has 0 spiro atoms. The lowest BCUT2D eigenvalue weighted by Gasteiger charge is -2.05. The molecule has 2 N–H and O–H groups in total. The summed E-state index contributed by atoms with van der Waals surface area (Å²) in [5.74, 6) is -0.115. The molecule has 1 heterocycles. The van der Waals surface area contributed by atoms with Gasteiger partial charge in [0.15, 0.2) is 0 Å². The summed E-state index contributed by atoms with van der Waals surface area (Å²) >= 11 is 1.44. The van der Waals surface area contributed by atoms with Crippen LogP contribution in [0.15, 0.2) is 54.0 Å². The maximum atomic E-state index is 11.1. The van der Waals surface area contributed by atoms with E-state index < -0.39 is 0 Å². The van der Waals surface area contributed by atoms with E-state index in [1.807, 2.05) is 17.5 Å². The van der Waals surface area contributed by atoms with E-state index in [-0.39, 0.29) is 5.91 Å². The smallest absolute Gasteiger partial charge is 0.221 e. The summed E-state index contributed by atoms with van der Waals surface area (Å²) in [5, 5.41) is 18.0. The molecule has 2 aromatic carbocycles. The molecule has 3 aromatic rings. The van der Waals surface area contributed by atoms with Crippen molar-refractivity contribution >= 4 is 34.2 Å². The highest BCUT2D eigenvalue weighted by Gasteiger charge is 2.10. The molecule has 140 valence electrons. The number of benzene rings is 2. The van der Waals surface area contributed by atoms with Crippen LogP contribution in [0.1, 0.15) is 23.1 Å². The van der Waals surface area contributed by atoms with Gasteiger partial charge in [-0.2, -0.15) is 5.26 Å². The Balaban J connectivity index is 1.77. The lowest BCUT2D eigenvalue weighted by Crippen LogP contribution is -2.05. The van der Waals surface area contributed by atoms with Crippen molar-refractivity contribution in [2.75, 3.05) is 10.6 Å². The molecule has 0 saturated carbocycles. The fourth-order valence-electron chi connectivity index (χ4n) is 2.77. The summed E-state index contributed by atoms with van der Waals surface area (Å²) in [6.45, 7) is 5.59. The second kappa shape index (κ2) is 8.51. The highest BCUT2D eigenvalue weighted by Crippen LogP contribution is 2.28. The first-order valence-corrected chi connectivity index (χ1v) is 9.62. The van der Waals surface area contributed by atoms with Gasteiger partial charge in [-0.15, -0.1) is 11.3 Å². The number of anilines is 2. The third-order valence-corrected chi connectivity index (χ3v) is 4.98. The number of nitrogens with one attached hydrogen (secondary N) is 2. The van der Waals surface area contributed by atoms with Crippen LogP contribution in [-0.4, -0.2) is 10.9 Å². The molecular weight excluding hydrogens is 368 g/mol. The highest BCUT2D eigenvalue weighted by atomic mass is 32.1. The van der Waals surface area contributed by atoms with Crippen LogP contribution in [0.2, 0.25) is 0 Å². The van der Waals surface area contributed by atoms with Crippen LogP contribution in [0.25, 0.3) is 16.8 Å². The normalized spacial score (nSPS) is 11.0. The Morgan fingerprint density at radius 2 is 1.86 bits per heavy atom. The molecule has 0 fully saturated rings. The zero-order chi connectivity index (χ0) is 20.1. The predicted octanol–water partition coefficient (Wildman–Crippen LogP) is 5.36. The van der Waals surface area contributed by atoms with Crippen molar-refractivity contribution in [3.63, 3.8) is 0 Å². The predicted molar refractivity (Wildman–Crippen MR) is 115 cm³/mol. The Morgan fingerprint density at radius 3 is 2.50 bits per heavy atom. The number of nitrogens with zero attached hydrogens (tertiary/aromatic N) is 2. The first-order valence-electron chi connectivity index (χ1n) is 8.74. The standard InChI is InChI=1S/C22H20N4OS/c1-14-4-9-20(15(2)10-14)21-13-28-22(26-21)17(11-23)12-24-18-5-7-19(8-6-18)25-16(3)27/h4-10,12-13,24H,1-3H3,(H,25,27). The maximum Gasteiger partial charge on any atom is 0.221 e. The zero-order valence-corrected chi connectivity index (χ0v) is 16.7. The van der Waals surface area contributed by atoms with Crippen molar-refractivity contribution < 1.29 is 4.79 Å². The summed E-state index contributed by atoms with van der Waals surface area (Å²) in [7, 11) is 0. The summed E-state index contributed by atoms with van der Waals surface area (Å²) in [6.07, 6.45) is 1.65. The van der Waals surface area contributed by atoms with Crippen molar-refractivity contribution in [3.05, 3.63) is 70.2 Å². The highest BCUT2D eigenvalue weighted by molar-refractivity contribution is 7.11. The largest absolute Gasteiger partial charge is 0.360 e. The van der Waals surface area contributed by atoms with Crippen LogP contribution >= 0.6 is 11.3 Å². The van der Waals surface area contributed by atoms with Crippen LogP contribution in [-0.2, 0) is 4.79 Å². The van der Waals surface area contributed by atoms with Crippen molar-refractivity contribution in [3.8, 4) is 17.3 Å². The molecule has 0 unspecified atom stereocenters. The lowest BCUT2D eigenvalue weighted by atomic mass is 10.0. The molecule has 0 aliphatic carbocycles. The molecular formula is C22H20N4OS. The fourth-order valence-corrected chi connectivity index (χ4v) is 3.56. The van der Waals surface area contributed by atoms with Gasteiger partial charge >= 0.3 is 0 Å². The number of carbonyl (C=O) groups is 1. The summed E-state index contributed by atoms with van der Waals surface area (Å²) in [6, 6.07) is 15.7. The number of hydrogen-bond acceptors (Lipinski definition) is 5. The first kappa shape index (κ1) is 19.3. The number of aryl methyl sites for hydroxylation is 2. The van der Waals surface area contributed by atoms with E-state index in [9.17, 15) is 10.1 Å². The van der Waals surface area contributed by atoms with Crippen molar-refractivity contribution in [1.29, 1.82) is 5.26 Å². The Morgan fingerprint density at radius 1 is 1.14 bits per heavy atom. The molecule has 0 radical (unpaired) electrons. The number of amides is 1. The quantitative estimate of drug-likeness (QED) is 0.577. The summed E-state index contributed by atoms with van der Waals surface area (Å²) in [5.41, 5.74) is 6.32. The van der Waals surface area contributed by atoms with E-state index in [1.165, 1.54) is 23.8 Å². The number of thiazole rings is 1. The Labute approximate surface area is 168 Å². The number of hydrogen-bond donors (Lipinski definition) is 2. The minimum absolute atomic E-state index is 0.115. The van der Waals surface area contributed by atoms with Gasteiger partial charge in [-0.05, 0) is 43.7 Å². The van der Waals surface area contributed by atoms with Crippen LogP contribution in [0.3, 0.4) is 0 Å². The van der Waals surface area contributed by atoms with Gasteiger partial charge < -0.3 is 10.6 Å². The lowest BCUT2D eigenvalue weighted by molar-refractivity contribution is -0.114. The number of carbonyl (C=O) groups excluding carboxylic acids is 1. The van der Waals surface area contributed by atoms with Crippen LogP contribution in [0.5, 0.6) is 0 Å². The molecule has 5 nitrogen and oxygen atoms in total. The van der Waals surface area contributed by atoms with Gasteiger partial charge in [0.25, 0.3) is 0 Å². The molecule has 3 rings (SSSR count). The van der Waals surface area contributed by atoms with Crippen LogP contribution in [0, 0.1) is 25.2 Å². The summed E-state index contributed by atoms with van der Waals surface area (Å²) < 4.78 is 0. The average Bonchev–Trinajstić information content (AvgIpc) is 3.13. The van der Waals surface area contributed by atoms with E-state index in [4.69, 9.17) is 0 Å². The van der Waals surface area contributed by atoms with Gasteiger partial charge in [-0.25, -0.2) is 4.98 Å². The molecule has 1 aromatic heterocycles. The second-order valence-electron chi connectivity index (χ2n) is 6.43.